The van der Waals surface area contributed by atoms with Crippen LogP contribution in [0, 0.1) is 12.8 Å². The Balaban J connectivity index is 3.65. The van der Waals surface area contributed by atoms with Gasteiger partial charge in [0.2, 0.25) is 0 Å². The summed E-state index contributed by atoms with van der Waals surface area (Å²) in [6.45, 7) is 5.91. The van der Waals surface area contributed by atoms with Gasteiger partial charge in [-0.3, -0.25) is 9.59 Å². The second-order valence-electron chi connectivity index (χ2n) is 3.00. The summed E-state index contributed by atoms with van der Waals surface area (Å²) in [5.41, 5.74) is 0. The molecule has 81 valence electrons. The smallest absolute Gasteiger partial charge is 0.309 e. The summed E-state index contributed by atoms with van der Waals surface area (Å²) >= 11 is 0. The van der Waals surface area contributed by atoms with Crippen molar-refractivity contribution in [3.63, 3.8) is 0 Å². The van der Waals surface area contributed by atoms with E-state index in [-0.39, 0.29) is 6.42 Å². The van der Waals surface area contributed by atoms with Crippen LogP contribution < -0.4 is 0 Å². The average molecular weight is 201 g/mol. The van der Waals surface area contributed by atoms with E-state index in [2.05, 4.69) is 11.7 Å². The second kappa shape index (κ2) is 7.35. The third-order valence-corrected chi connectivity index (χ3v) is 1.71. The molecule has 4 heteroatoms. The Morgan fingerprint density at radius 1 is 1.43 bits per heavy atom. The maximum atomic E-state index is 11.1. The quantitative estimate of drug-likeness (QED) is 0.480. The van der Waals surface area contributed by atoms with Crippen LogP contribution in [0.3, 0.4) is 0 Å². The number of carbonyl (C=O) groups is 2. The summed E-state index contributed by atoms with van der Waals surface area (Å²) in [4.78, 5) is 22.0. The van der Waals surface area contributed by atoms with Gasteiger partial charge >= 0.3 is 11.9 Å². The number of carbonyl (C=O) groups excluding carboxylic acids is 2. The molecule has 0 fully saturated rings. The van der Waals surface area contributed by atoms with Crippen LogP contribution in [0.2, 0.25) is 0 Å². The van der Waals surface area contributed by atoms with Gasteiger partial charge in [0.1, 0.15) is 0 Å². The van der Waals surface area contributed by atoms with E-state index in [1.165, 1.54) is 7.11 Å². The van der Waals surface area contributed by atoms with Crippen molar-refractivity contribution >= 4 is 11.9 Å². The number of methoxy groups -OCH3 is 1. The Hall–Kier alpha value is -1.06. The highest BCUT2D eigenvalue weighted by Crippen LogP contribution is 2.05. The minimum absolute atomic E-state index is 0.0175. The topological polar surface area (TPSA) is 52.6 Å². The Labute approximate surface area is 84.6 Å². The molecule has 0 bridgehead atoms. The van der Waals surface area contributed by atoms with Gasteiger partial charge < -0.3 is 9.47 Å². The highest BCUT2D eigenvalue weighted by atomic mass is 16.5. The lowest BCUT2D eigenvalue weighted by Gasteiger charge is -2.08. The molecule has 1 unspecified atom stereocenters. The van der Waals surface area contributed by atoms with E-state index in [0.717, 1.165) is 12.8 Å². The molecule has 0 aromatic carbocycles. The number of esters is 2. The first-order valence-corrected chi connectivity index (χ1v) is 4.68. The predicted molar refractivity (Wildman–Crippen MR) is 51.3 cm³/mol. The zero-order valence-corrected chi connectivity index (χ0v) is 8.75. The third-order valence-electron chi connectivity index (χ3n) is 1.71. The first kappa shape index (κ1) is 12.9. The molecule has 14 heavy (non-hydrogen) atoms. The van der Waals surface area contributed by atoms with Gasteiger partial charge in [0, 0.05) is 0 Å². The molecule has 0 heterocycles. The second-order valence-corrected chi connectivity index (χ2v) is 3.00. The summed E-state index contributed by atoms with van der Waals surface area (Å²) in [6, 6.07) is 0. The zero-order chi connectivity index (χ0) is 11.0. The molecule has 0 aliphatic carbocycles. The van der Waals surface area contributed by atoms with Crippen molar-refractivity contribution in [3.05, 3.63) is 6.92 Å². The van der Waals surface area contributed by atoms with Crippen molar-refractivity contribution in [2.75, 3.05) is 13.7 Å². The van der Waals surface area contributed by atoms with Crippen LogP contribution in [0.15, 0.2) is 0 Å². The minimum Gasteiger partial charge on any atom is -0.469 e. The first-order valence-electron chi connectivity index (χ1n) is 4.68. The Bertz CT molecular complexity index is 189. The average Bonchev–Trinajstić information content (AvgIpc) is 2.16. The summed E-state index contributed by atoms with van der Waals surface area (Å²) in [7, 11) is 1.27. The highest BCUT2D eigenvalue weighted by molar-refractivity contribution is 5.80. The van der Waals surface area contributed by atoms with Gasteiger partial charge in [-0.25, -0.2) is 0 Å². The van der Waals surface area contributed by atoms with Crippen LogP contribution in [0.5, 0.6) is 0 Å². The Morgan fingerprint density at radius 3 is 2.57 bits per heavy atom. The maximum absolute atomic E-state index is 11.1. The van der Waals surface area contributed by atoms with Crippen LogP contribution in [0.1, 0.15) is 26.2 Å². The van der Waals surface area contributed by atoms with Crippen molar-refractivity contribution in [1.29, 1.82) is 0 Å². The van der Waals surface area contributed by atoms with Crippen LogP contribution in [0.25, 0.3) is 0 Å². The molecule has 0 aliphatic heterocycles. The third kappa shape index (κ3) is 5.56. The van der Waals surface area contributed by atoms with Crippen LogP contribution in [0.4, 0.5) is 0 Å². The lowest BCUT2D eigenvalue weighted by molar-refractivity contribution is -0.151. The van der Waals surface area contributed by atoms with Gasteiger partial charge in [0.05, 0.1) is 26.1 Å². The Morgan fingerprint density at radius 2 is 2.07 bits per heavy atom. The van der Waals surface area contributed by atoms with E-state index in [1.54, 1.807) is 0 Å². The van der Waals surface area contributed by atoms with Gasteiger partial charge in [-0.05, 0) is 13.3 Å². The van der Waals surface area contributed by atoms with Gasteiger partial charge in [0.15, 0.2) is 0 Å². The van der Waals surface area contributed by atoms with Crippen molar-refractivity contribution < 1.29 is 19.1 Å². The van der Waals surface area contributed by atoms with Gasteiger partial charge in [-0.2, -0.15) is 0 Å². The fourth-order valence-corrected chi connectivity index (χ4v) is 0.840. The van der Waals surface area contributed by atoms with Crippen molar-refractivity contribution in [2.24, 2.45) is 5.92 Å². The van der Waals surface area contributed by atoms with E-state index < -0.39 is 17.9 Å². The van der Waals surface area contributed by atoms with Crippen LogP contribution >= 0.6 is 0 Å². The molecule has 0 saturated heterocycles. The number of hydrogen-bond acceptors (Lipinski definition) is 4. The number of unbranched alkanes of at least 4 members (excludes halogenated alkanes) is 1. The maximum Gasteiger partial charge on any atom is 0.309 e. The van der Waals surface area contributed by atoms with Crippen molar-refractivity contribution in [2.45, 2.75) is 26.2 Å². The molecule has 0 saturated carbocycles. The number of ether oxygens (including phenoxy) is 2. The fourth-order valence-electron chi connectivity index (χ4n) is 0.840. The lowest BCUT2D eigenvalue weighted by atomic mass is 10.1. The molecule has 0 rings (SSSR count). The minimum atomic E-state index is -0.672. The van der Waals surface area contributed by atoms with E-state index in [9.17, 15) is 9.59 Å². The van der Waals surface area contributed by atoms with E-state index in [0.29, 0.717) is 6.61 Å². The van der Waals surface area contributed by atoms with Crippen molar-refractivity contribution in [1.82, 2.24) is 0 Å². The molecule has 4 nitrogen and oxygen atoms in total. The molecule has 0 N–H and O–H groups in total. The largest absolute Gasteiger partial charge is 0.469 e. The summed E-state index contributed by atoms with van der Waals surface area (Å²) in [6.07, 6.45) is 1.79. The van der Waals surface area contributed by atoms with E-state index >= 15 is 0 Å². The van der Waals surface area contributed by atoms with Crippen molar-refractivity contribution in [3.8, 4) is 0 Å². The molecule has 1 atom stereocenters. The highest BCUT2D eigenvalue weighted by Gasteiger charge is 2.18. The molecular formula is C10H17O4. The molecule has 0 aromatic heterocycles. The van der Waals surface area contributed by atoms with Gasteiger partial charge in [-0.15, -0.1) is 0 Å². The van der Waals surface area contributed by atoms with E-state index in [1.807, 2.05) is 6.92 Å². The van der Waals surface area contributed by atoms with Crippen LogP contribution in [-0.4, -0.2) is 25.7 Å². The molecular weight excluding hydrogens is 184 g/mol. The molecule has 0 amide bonds. The summed E-state index contributed by atoms with van der Waals surface area (Å²) in [5, 5.41) is 0. The van der Waals surface area contributed by atoms with Gasteiger partial charge in [-0.1, -0.05) is 13.3 Å². The van der Waals surface area contributed by atoms with E-state index in [4.69, 9.17) is 4.74 Å². The first-order chi connectivity index (χ1) is 6.61. The summed E-state index contributed by atoms with van der Waals surface area (Å²) in [5.74, 6) is -1.56. The van der Waals surface area contributed by atoms with Crippen LogP contribution in [-0.2, 0) is 19.1 Å². The zero-order valence-electron chi connectivity index (χ0n) is 8.75. The SMILES string of the molecule is [CH2]C(CC(=O)OCCCC)C(=O)OC. The Kier molecular flexibility index (Phi) is 6.80. The molecule has 1 radical (unpaired) electrons. The number of rotatable bonds is 6. The molecule has 0 aromatic rings. The standard InChI is InChI=1S/C10H17O4/c1-4-5-6-14-9(11)7-8(2)10(12)13-3/h8H,2,4-7H2,1,3H3. The monoisotopic (exact) mass is 201 g/mol. The lowest BCUT2D eigenvalue weighted by Crippen LogP contribution is -2.18. The number of hydrogen-bond donors (Lipinski definition) is 0. The molecule has 0 aliphatic rings. The fraction of sp³-hybridized carbons (Fsp3) is 0.700. The normalized spacial score (nSPS) is 11.9. The summed E-state index contributed by atoms with van der Waals surface area (Å²) < 4.78 is 9.29. The van der Waals surface area contributed by atoms with Gasteiger partial charge in [0.25, 0.3) is 0 Å². The molecule has 0 spiro atoms. The predicted octanol–water partition coefficient (Wildman–Crippen LogP) is 1.34.